The summed E-state index contributed by atoms with van der Waals surface area (Å²) in [6.45, 7) is 7.72. The number of nitrogens with one attached hydrogen (secondary N) is 1. The van der Waals surface area contributed by atoms with Gasteiger partial charge in [-0.15, -0.1) is 0 Å². The van der Waals surface area contributed by atoms with Gasteiger partial charge in [0.15, 0.2) is 0 Å². The van der Waals surface area contributed by atoms with E-state index in [0.29, 0.717) is 5.92 Å². The summed E-state index contributed by atoms with van der Waals surface area (Å²) in [6.07, 6.45) is 2.41. The fourth-order valence-corrected chi connectivity index (χ4v) is 1.86. The van der Waals surface area contributed by atoms with Gasteiger partial charge in [0.2, 0.25) is 0 Å². The topological polar surface area (TPSA) is 12.0 Å². The molecular formula is C14H23N. The monoisotopic (exact) mass is 205 g/mol. The SMILES string of the molecule is CCCc1cc(CNC)cc(C(C)C)c1. The van der Waals surface area contributed by atoms with E-state index in [1.165, 1.54) is 29.5 Å². The summed E-state index contributed by atoms with van der Waals surface area (Å²) in [7, 11) is 2.00. The molecule has 0 radical (unpaired) electrons. The van der Waals surface area contributed by atoms with Crippen molar-refractivity contribution in [3.63, 3.8) is 0 Å². The van der Waals surface area contributed by atoms with Crippen LogP contribution in [0.25, 0.3) is 0 Å². The lowest BCUT2D eigenvalue weighted by molar-refractivity contribution is 0.799. The molecule has 84 valence electrons. The van der Waals surface area contributed by atoms with E-state index in [1.54, 1.807) is 0 Å². The highest BCUT2D eigenvalue weighted by Crippen LogP contribution is 2.19. The van der Waals surface area contributed by atoms with E-state index in [1.807, 2.05) is 7.05 Å². The van der Waals surface area contributed by atoms with Crippen molar-refractivity contribution < 1.29 is 0 Å². The largest absolute Gasteiger partial charge is 0.316 e. The van der Waals surface area contributed by atoms with Gasteiger partial charge in [0.1, 0.15) is 0 Å². The molecule has 0 saturated heterocycles. The molecule has 0 spiro atoms. The Balaban J connectivity index is 2.97. The maximum atomic E-state index is 3.22. The van der Waals surface area contributed by atoms with E-state index in [2.05, 4.69) is 44.3 Å². The van der Waals surface area contributed by atoms with Gasteiger partial charge in [-0.05, 0) is 36.1 Å². The van der Waals surface area contributed by atoms with Crippen LogP contribution in [0.2, 0.25) is 0 Å². The number of hydrogen-bond acceptors (Lipinski definition) is 1. The molecule has 0 fully saturated rings. The van der Waals surface area contributed by atoms with Gasteiger partial charge in [-0.1, -0.05) is 45.4 Å². The second kappa shape index (κ2) is 5.92. The molecule has 1 nitrogen and oxygen atoms in total. The summed E-state index contributed by atoms with van der Waals surface area (Å²) in [4.78, 5) is 0. The van der Waals surface area contributed by atoms with Crippen molar-refractivity contribution in [1.82, 2.24) is 5.32 Å². The van der Waals surface area contributed by atoms with Crippen molar-refractivity contribution in [2.75, 3.05) is 7.05 Å². The Bertz CT molecular complexity index is 278. The Morgan fingerprint density at radius 2 is 1.80 bits per heavy atom. The van der Waals surface area contributed by atoms with Crippen molar-refractivity contribution in [2.24, 2.45) is 0 Å². The van der Waals surface area contributed by atoms with Crippen LogP contribution in [0.3, 0.4) is 0 Å². The number of benzene rings is 1. The van der Waals surface area contributed by atoms with E-state index in [4.69, 9.17) is 0 Å². The molecule has 1 rings (SSSR count). The van der Waals surface area contributed by atoms with Crippen LogP contribution in [0, 0.1) is 0 Å². The minimum Gasteiger partial charge on any atom is -0.316 e. The lowest BCUT2D eigenvalue weighted by atomic mass is 9.96. The summed E-state index contributed by atoms with van der Waals surface area (Å²) in [5, 5.41) is 3.22. The van der Waals surface area contributed by atoms with Crippen LogP contribution in [0.4, 0.5) is 0 Å². The molecule has 0 heterocycles. The van der Waals surface area contributed by atoms with Gasteiger partial charge in [-0.3, -0.25) is 0 Å². The van der Waals surface area contributed by atoms with Crippen molar-refractivity contribution in [3.05, 3.63) is 34.9 Å². The molecule has 0 aliphatic carbocycles. The Labute approximate surface area is 93.9 Å². The Hall–Kier alpha value is -0.820. The zero-order chi connectivity index (χ0) is 11.3. The second-order valence-electron chi connectivity index (χ2n) is 4.52. The molecule has 15 heavy (non-hydrogen) atoms. The van der Waals surface area contributed by atoms with E-state index in [9.17, 15) is 0 Å². The van der Waals surface area contributed by atoms with Crippen LogP contribution >= 0.6 is 0 Å². The highest BCUT2D eigenvalue weighted by Gasteiger charge is 2.03. The van der Waals surface area contributed by atoms with E-state index < -0.39 is 0 Å². The molecule has 1 N–H and O–H groups in total. The molecule has 1 aromatic carbocycles. The smallest absolute Gasteiger partial charge is 0.0202 e. The van der Waals surface area contributed by atoms with E-state index in [-0.39, 0.29) is 0 Å². The normalized spacial score (nSPS) is 11.0. The minimum atomic E-state index is 0.623. The lowest BCUT2D eigenvalue weighted by Crippen LogP contribution is -2.06. The van der Waals surface area contributed by atoms with Crippen LogP contribution in [0.5, 0.6) is 0 Å². The molecule has 0 aromatic heterocycles. The van der Waals surface area contributed by atoms with Crippen molar-refractivity contribution in [3.8, 4) is 0 Å². The third-order valence-electron chi connectivity index (χ3n) is 2.66. The summed E-state index contributed by atoms with van der Waals surface area (Å²) >= 11 is 0. The molecule has 0 unspecified atom stereocenters. The zero-order valence-electron chi connectivity index (χ0n) is 10.4. The van der Waals surface area contributed by atoms with Crippen LogP contribution in [0.1, 0.15) is 49.8 Å². The maximum Gasteiger partial charge on any atom is 0.0202 e. The maximum absolute atomic E-state index is 3.22. The average molecular weight is 205 g/mol. The van der Waals surface area contributed by atoms with Crippen LogP contribution in [0.15, 0.2) is 18.2 Å². The quantitative estimate of drug-likeness (QED) is 0.776. The molecular weight excluding hydrogens is 182 g/mol. The van der Waals surface area contributed by atoms with Gasteiger partial charge in [-0.25, -0.2) is 0 Å². The first kappa shape index (κ1) is 12.3. The molecule has 1 heteroatoms. The molecule has 0 saturated carbocycles. The first-order valence-electron chi connectivity index (χ1n) is 5.94. The van der Waals surface area contributed by atoms with E-state index >= 15 is 0 Å². The van der Waals surface area contributed by atoms with Crippen molar-refractivity contribution in [2.45, 2.75) is 46.1 Å². The molecule has 1 aromatic rings. The van der Waals surface area contributed by atoms with Crippen LogP contribution < -0.4 is 5.32 Å². The van der Waals surface area contributed by atoms with Gasteiger partial charge >= 0.3 is 0 Å². The minimum absolute atomic E-state index is 0.623. The van der Waals surface area contributed by atoms with Crippen molar-refractivity contribution >= 4 is 0 Å². The van der Waals surface area contributed by atoms with Crippen LogP contribution in [-0.2, 0) is 13.0 Å². The van der Waals surface area contributed by atoms with Gasteiger partial charge < -0.3 is 5.32 Å². The average Bonchev–Trinajstić information content (AvgIpc) is 2.18. The first-order valence-corrected chi connectivity index (χ1v) is 5.94. The highest BCUT2D eigenvalue weighted by atomic mass is 14.8. The standard InChI is InChI=1S/C14H23N/c1-5-6-12-7-13(10-15-4)9-14(8-12)11(2)3/h7-9,11,15H,5-6,10H2,1-4H3. The summed E-state index contributed by atoms with van der Waals surface area (Å²) in [6, 6.07) is 7.00. The predicted molar refractivity (Wildman–Crippen MR) is 67.3 cm³/mol. The summed E-state index contributed by atoms with van der Waals surface area (Å²) < 4.78 is 0. The molecule has 0 bridgehead atoms. The lowest BCUT2D eigenvalue weighted by Gasteiger charge is -2.11. The summed E-state index contributed by atoms with van der Waals surface area (Å²) in [5.74, 6) is 0.623. The predicted octanol–water partition coefficient (Wildman–Crippen LogP) is 3.48. The Kier molecular flexibility index (Phi) is 4.83. The fourth-order valence-electron chi connectivity index (χ4n) is 1.86. The van der Waals surface area contributed by atoms with Gasteiger partial charge in [0.25, 0.3) is 0 Å². The van der Waals surface area contributed by atoms with Gasteiger partial charge in [0, 0.05) is 6.54 Å². The van der Waals surface area contributed by atoms with Crippen LogP contribution in [-0.4, -0.2) is 7.05 Å². The molecule has 0 aliphatic heterocycles. The first-order chi connectivity index (χ1) is 7.17. The Morgan fingerprint density at radius 3 is 2.33 bits per heavy atom. The zero-order valence-corrected chi connectivity index (χ0v) is 10.4. The third kappa shape index (κ3) is 3.67. The second-order valence-corrected chi connectivity index (χ2v) is 4.52. The highest BCUT2D eigenvalue weighted by molar-refractivity contribution is 5.32. The third-order valence-corrected chi connectivity index (χ3v) is 2.66. The number of rotatable bonds is 5. The molecule has 0 atom stereocenters. The Morgan fingerprint density at radius 1 is 1.13 bits per heavy atom. The number of aryl methyl sites for hydroxylation is 1. The van der Waals surface area contributed by atoms with Gasteiger partial charge in [0.05, 0.1) is 0 Å². The van der Waals surface area contributed by atoms with E-state index in [0.717, 1.165) is 6.54 Å². The fraction of sp³-hybridized carbons (Fsp3) is 0.571. The van der Waals surface area contributed by atoms with Crippen molar-refractivity contribution in [1.29, 1.82) is 0 Å². The van der Waals surface area contributed by atoms with Gasteiger partial charge in [-0.2, -0.15) is 0 Å². The summed E-state index contributed by atoms with van der Waals surface area (Å²) in [5.41, 5.74) is 4.35. The molecule has 0 amide bonds. The number of hydrogen-bond donors (Lipinski definition) is 1. The molecule has 0 aliphatic rings.